The normalized spacial score (nSPS) is 20.7. The summed E-state index contributed by atoms with van der Waals surface area (Å²) >= 11 is 3.15. The lowest BCUT2D eigenvalue weighted by Crippen LogP contribution is -2.40. The Kier molecular flexibility index (Phi) is 2.66. The van der Waals surface area contributed by atoms with Crippen molar-refractivity contribution in [3.05, 3.63) is 4.73 Å². The maximum absolute atomic E-state index is 12.9. The second kappa shape index (κ2) is 3.70. The molecule has 0 aromatic carbocycles. The highest BCUT2D eigenvalue weighted by molar-refractivity contribution is 9.10. The first-order valence-corrected chi connectivity index (χ1v) is 5.46. The van der Waals surface area contributed by atoms with Crippen LogP contribution in [0.15, 0.2) is 4.73 Å². The van der Waals surface area contributed by atoms with Crippen molar-refractivity contribution in [3.63, 3.8) is 0 Å². The van der Waals surface area contributed by atoms with Crippen molar-refractivity contribution in [2.24, 2.45) is 7.05 Å². The Morgan fingerprint density at radius 1 is 1.33 bits per heavy atom. The van der Waals surface area contributed by atoms with Crippen molar-refractivity contribution in [2.75, 3.05) is 18.0 Å². The number of halogens is 3. The molecule has 0 aliphatic carbocycles. The summed E-state index contributed by atoms with van der Waals surface area (Å²) in [5.74, 6) is -1.89. The van der Waals surface area contributed by atoms with Crippen LogP contribution in [0.5, 0.6) is 0 Å². The van der Waals surface area contributed by atoms with Crippen molar-refractivity contribution in [1.82, 2.24) is 14.8 Å². The van der Waals surface area contributed by atoms with E-state index < -0.39 is 5.92 Å². The van der Waals surface area contributed by atoms with Gasteiger partial charge in [-0.15, -0.1) is 5.10 Å². The van der Waals surface area contributed by atoms with Gasteiger partial charge in [-0.25, -0.2) is 13.5 Å². The third-order valence-corrected chi connectivity index (χ3v) is 2.83. The van der Waals surface area contributed by atoms with Crippen LogP contribution in [0.25, 0.3) is 0 Å². The van der Waals surface area contributed by atoms with E-state index in [1.165, 1.54) is 0 Å². The zero-order chi connectivity index (χ0) is 11.1. The van der Waals surface area contributed by atoms with E-state index in [1.807, 2.05) is 4.90 Å². The average molecular weight is 281 g/mol. The van der Waals surface area contributed by atoms with Gasteiger partial charge in [-0.1, -0.05) is 0 Å². The zero-order valence-electron chi connectivity index (χ0n) is 8.25. The lowest BCUT2D eigenvalue weighted by atomic mass is 10.1. The summed E-state index contributed by atoms with van der Waals surface area (Å²) < 4.78 is 27.9. The summed E-state index contributed by atoms with van der Waals surface area (Å²) in [5, 5.41) is 4.02. The fraction of sp³-hybridized carbons (Fsp3) is 0.750. The number of piperidine rings is 1. The van der Waals surface area contributed by atoms with Crippen LogP contribution < -0.4 is 4.90 Å². The largest absolute Gasteiger partial charge is 0.341 e. The minimum Gasteiger partial charge on any atom is -0.341 e. The molecule has 84 valence electrons. The van der Waals surface area contributed by atoms with Gasteiger partial charge >= 0.3 is 0 Å². The molecule has 0 bridgehead atoms. The fourth-order valence-electron chi connectivity index (χ4n) is 1.65. The number of anilines is 1. The zero-order valence-corrected chi connectivity index (χ0v) is 9.84. The molecular weight excluding hydrogens is 270 g/mol. The van der Waals surface area contributed by atoms with Gasteiger partial charge in [0.25, 0.3) is 5.92 Å². The molecule has 15 heavy (non-hydrogen) atoms. The highest BCUT2D eigenvalue weighted by atomic mass is 79.9. The Morgan fingerprint density at radius 3 is 2.40 bits per heavy atom. The molecule has 1 saturated heterocycles. The molecule has 0 N–H and O–H groups in total. The molecule has 0 spiro atoms. The number of rotatable bonds is 1. The molecule has 2 heterocycles. The summed E-state index contributed by atoms with van der Waals surface area (Å²) in [5.41, 5.74) is 0. The molecule has 0 amide bonds. The minimum atomic E-state index is -2.52. The fourth-order valence-corrected chi connectivity index (χ4v) is 2.05. The Bertz CT molecular complexity index is 356. The summed E-state index contributed by atoms with van der Waals surface area (Å²) in [6.07, 6.45) is -0.227. The van der Waals surface area contributed by atoms with E-state index in [-0.39, 0.29) is 12.8 Å². The van der Waals surface area contributed by atoms with Crippen molar-refractivity contribution < 1.29 is 8.78 Å². The third kappa shape index (κ3) is 2.27. The molecule has 4 nitrogen and oxygen atoms in total. The number of nitrogens with zero attached hydrogens (tertiary/aromatic N) is 4. The van der Waals surface area contributed by atoms with E-state index in [4.69, 9.17) is 0 Å². The van der Waals surface area contributed by atoms with Gasteiger partial charge in [0.1, 0.15) is 0 Å². The molecule has 2 rings (SSSR count). The van der Waals surface area contributed by atoms with E-state index in [9.17, 15) is 8.78 Å². The number of alkyl halides is 2. The van der Waals surface area contributed by atoms with Gasteiger partial charge in [-0.05, 0) is 15.9 Å². The van der Waals surface area contributed by atoms with Crippen LogP contribution in [0.1, 0.15) is 12.8 Å². The predicted molar refractivity (Wildman–Crippen MR) is 55.1 cm³/mol. The molecule has 0 unspecified atom stereocenters. The molecule has 1 aliphatic rings. The summed E-state index contributed by atoms with van der Waals surface area (Å²) in [4.78, 5) is 5.96. The first-order valence-electron chi connectivity index (χ1n) is 4.67. The van der Waals surface area contributed by atoms with Crippen molar-refractivity contribution in [1.29, 1.82) is 0 Å². The number of hydrogen-bond acceptors (Lipinski definition) is 3. The van der Waals surface area contributed by atoms with Gasteiger partial charge in [0.05, 0.1) is 0 Å². The Labute approximate surface area is 94.4 Å². The molecule has 1 aliphatic heterocycles. The highest BCUT2D eigenvalue weighted by Crippen LogP contribution is 2.29. The maximum Gasteiger partial charge on any atom is 0.251 e. The summed E-state index contributed by atoms with van der Waals surface area (Å²) in [7, 11) is 1.75. The molecule has 0 atom stereocenters. The van der Waals surface area contributed by atoms with E-state index in [0.717, 1.165) is 0 Å². The monoisotopic (exact) mass is 280 g/mol. The number of hydrogen-bond donors (Lipinski definition) is 0. The average Bonchev–Trinajstić information content (AvgIpc) is 2.45. The molecular formula is C8H11BrF2N4. The number of aryl methyl sites for hydroxylation is 1. The topological polar surface area (TPSA) is 34.0 Å². The number of aromatic nitrogens is 3. The van der Waals surface area contributed by atoms with Crippen LogP contribution in [0.4, 0.5) is 14.7 Å². The van der Waals surface area contributed by atoms with Gasteiger partial charge in [0.15, 0.2) is 0 Å². The lowest BCUT2D eigenvalue weighted by Gasteiger charge is -2.31. The molecule has 1 aromatic rings. The Morgan fingerprint density at radius 2 is 1.93 bits per heavy atom. The van der Waals surface area contributed by atoms with Crippen molar-refractivity contribution in [3.8, 4) is 0 Å². The molecule has 1 fully saturated rings. The van der Waals surface area contributed by atoms with Crippen LogP contribution in [0.3, 0.4) is 0 Å². The first kappa shape index (κ1) is 10.8. The van der Waals surface area contributed by atoms with Crippen LogP contribution in [0.2, 0.25) is 0 Å². The van der Waals surface area contributed by atoms with Crippen LogP contribution in [-0.4, -0.2) is 33.8 Å². The van der Waals surface area contributed by atoms with E-state index >= 15 is 0 Å². The molecule has 1 aromatic heterocycles. The maximum atomic E-state index is 12.9. The predicted octanol–water partition coefficient (Wildman–Crippen LogP) is 1.81. The van der Waals surface area contributed by atoms with Gasteiger partial charge < -0.3 is 4.90 Å². The lowest BCUT2D eigenvalue weighted by molar-refractivity contribution is -0.0223. The van der Waals surface area contributed by atoms with E-state index in [2.05, 4.69) is 26.0 Å². The van der Waals surface area contributed by atoms with Crippen molar-refractivity contribution in [2.45, 2.75) is 18.8 Å². The van der Waals surface area contributed by atoms with Gasteiger partial charge in [0.2, 0.25) is 10.7 Å². The highest BCUT2D eigenvalue weighted by Gasteiger charge is 2.35. The smallest absolute Gasteiger partial charge is 0.251 e. The summed E-state index contributed by atoms with van der Waals surface area (Å²) in [6, 6.07) is 0. The second-order valence-corrected chi connectivity index (χ2v) is 4.36. The van der Waals surface area contributed by atoms with Gasteiger partial charge in [-0.3, -0.25) is 0 Å². The first-order chi connectivity index (χ1) is 6.98. The van der Waals surface area contributed by atoms with Crippen molar-refractivity contribution >= 4 is 21.9 Å². The Hall–Kier alpha value is -0.720. The van der Waals surface area contributed by atoms with Crippen LogP contribution in [0, 0.1) is 0 Å². The third-order valence-electron chi connectivity index (χ3n) is 2.49. The quantitative estimate of drug-likeness (QED) is 0.787. The minimum absolute atomic E-state index is 0.114. The van der Waals surface area contributed by atoms with Crippen LogP contribution >= 0.6 is 15.9 Å². The molecule has 0 radical (unpaired) electrons. The molecule has 0 saturated carbocycles. The standard InChI is InChI=1S/C8H11BrF2N4/c1-14-7(12-6(9)13-14)15-4-2-8(10,11)3-5-15/h2-5H2,1H3. The van der Waals surface area contributed by atoms with Gasteiger partial charge in [0, 0.05) is 33.0 Å². The molecule has 7 heteroatoms. The van der Waals surface area contributed by atoms with Crippen LogP contribution in [-0.2, 0) is 7.05 Å². The SMILES string of the molecule is Cn1nc(Br)nc1N1CCC(F)(F)CC1. The Balaban J connectivity index is 2.11. The summed E-state index contributed by atoms with van der Waals surface area (Å²) in [6.45, 7) is 0.651. The van der Waals surface area contributed by atoms with E-state index in [0.29, 0.717) is 23.8 Å². The second-order valence-electron chi connectivity index (χ2n) is 3.65. The van der Waals surface area contributed by atoms with Gasteiger partial charge in [-0.2, -0.15) is 4.98 Å². The van der Waals surface area contributed by atoms with E-state index in [1.54, 1.807) is 11.7 Å².